The van der Waals surface area contributed by atoms with Crippen LogP contribution in [0.15, 0.2) is 30.9 Å². The van der Waals surface area contributed by atoms with E-state index in [0.29, 0.717) is 12.0 Å². The molecule has 76 valence electrons. The predicted octanol–water partition coefficient (Wildman–Crippen LogP) is 2.93. The number of allylic oxidation sites excluding steroid dienone is 1. The summed E-state index contributed by atoms with van der Waals surface area (Å²) in [5, 5.41) is 0. The van der Waals surface area contributed by atoms with E-state index in [4.69, 9.17) is 5.73 Å². The van der Waals surface area contributed by atoms with Gasteiger partial charge in [-0.1, -0.05) is 6.08 Å². The van der Waals surface area contributed by atoms with Gasteiger partial charge in [-0.2, -0.15) is 0 Å². The normalized spacial score (nSPS) is 12.5. The van der Waals surface area contributed by atoms with Gasteiger partial charge in [-0.25, -0.2) is 8.78 Å². The van der Waals surface area contributed by atoms with Gasteiger partial charge in [-0.3, -0.25) is 0 Å². The van der Waals surface area contributed by atoms with E-state index in [1.165, 1.54) is 12.1 Å². The van der Waals surface area contributed by atoms with Gasteiger partial charge in [0.2, 0.25) is 0 Å². The number of hydrogen-bond donors (Lipinski definition) is 1. The summed E-state index contributed by atoms with van der Waals surface area (Å²) < 4.78 is 25.6. The standard InChI is InChI=1S/C11H13F2N/c1-2-3-4-11(14)8-5-9(12)7-10(13)6-8/h2,5-7,11H,1,3-4,14H2/t11-/m1/s1. The minimum Gasteiger partial charge on any atom is -0.324 e. The Bertz CT molecular complexity index is 303. The van der Waals surface area contributed by atoms with Gasteiger partial charge in [0.1, 0.15) is 11.6 Å². The molecule has 3 heteroatoms. The predicted molar refractivity (Wildman–Crippen MR) is 52.7 cm³/mol. The molecule has 14 heavy (non-hydrogen) atoms. The number of halogens is 2. The van der Waals surface area contributed by atoms with Crippen molar-refractivity contribution in [2.75, 3.05) is 0 Å². The first-order valence-corrected chi connectivity index (χ1v) is 4.46. The van der Waals surface area contributed by atoms with Crippen molar-refractivity contribution in [3.63, 3.8) is 0 Å². The van der Waals surface area contributed by atoms with E-state index in [0.717, 1.165) is 12.5 Å². The second-order valence-corrected chi connectivity index (χ2v) is 3.18. The molecule has 1 atom stereocenters. The molecule has 0 aliphatic rings. The molecule has 0 saturated carbocycles. The molecular weight excluding hydrogens is 184 g/mol. The number of rotatable bonds is 4. The van der Waals surface area contributed by atoms with Crippen molar-refractivity contribution in [1.29, 1.82) is 0 Å². The molecule has 0 fully saturated rings. The fourth-order valence-electron chi connectivity index (χ4n) is 1.25. The number of hydrogen-bond acceptors (Lipinski definition) is 1. The highest BCUT2D eigenvalue weighted by molar-refractivity contribution is 5.21. The Balaban J connectivity index is 2.78. The number of nitrogens with two attached hydrogens (primary N) is 1. The van der Waals surface area contributed by atoms with E-state index in [-0.39, 0.29) is 6.04 Å². The first-order chi connectivity index (χ1) is 6.63. The highest BCUT2D eigenvalue weighted by atomic mass is 19.1. The van der Waals surface area contributed by atoms with E-state index in [1.54, 1.807) is 6.08 Å². The molecule has 0 aliphatic heterocycles. The van der Waals surface area contributed by atoms with Gasteiger partial charge < -0.3 is 5.73 Å². The molecule has 2 N–H and O–H groups in total. The first kappa shape index (κ1) is 10.9. The minimum absolute atomic E-state index is 0.335. The van der Waals surface area contributed by atoms with Crippen molar-refractivity contribution < 1.29 is 8.78 Å². The second-order valence-electron chi connectivity index (χ2n) is 3.18. The summed E-state index contributed by atoms with van der Waals surface area (Å²) in [6.45, 7) is 3.56. The average Bonchev–Trinajstić information content (AvgIpc) is 2.12. The summed E-state index contributed by atoms with van der Waals surface area (Å²) in [7, 11) is 0. The van der Waals surface area contributed by atoms with Gasteiger partial charge in [-0.05, 0) is 30.5 Å². The SMILES string of the molecule is C=CCC[C@@H](N)c1cc(F)cc(F)c1. The van der Waals surface area contributed by atoms with E-state index >= 15 is 0 Å². The maximum absolute atomic E-state index is 12.8. The van der Waals surface area contributed by atoms with Gasteiger partial charge >= 0.3 is 0 Å². The highest BCUT2D eigenvalue weighted by Gasteiger charge is 2.07. The Labute approximate surface area is 82.2 Å². The fraction of sp³-hybridized carbons (Fsp3) is 0.273. The van der Waals surface area contributed by atoms with Crippen molar-refractivity contribution in [2.24, 2.45) is 5.73 Å². The summed E-state index contributed by atoms with van der Waals surface area (Å²) in [5.74, 6) is -1.18. The third-order valence-electron chi connectivity index (χ3n) is 1.99. The molecule has 0 bridgehead atoms. The molecule has 1 aromatic carbocycles. The van der Waals surface area contributed by atoms with Gasteiger partial charge in [-0.15, -0.1) is 6.58 Å². The molecule has 1 aromatic rings. The Morgan fingerprint density at radius 3 is 2.36 bits per heavy atom. The zero-order chi connectivity index (χ0) is 10.6. The topological polar surface area (TPSA) is 26.0 Å². The molecule has 0 radical (unpaired) electrons. The second kappa shape index (κ2) is 4.86. The van der Waals surface area contributed by atoms with Crippen molar-refractivity contribution in [3.8, 4) is 0 Å². The van der Waals surface area contributed by atoms with Gasteiger partial charge in [0.05, 0.1) is 0 Å². The monoisotopic (exact) mass is 197 g/mol. The molecule has 0 saturated heterocycles. The highest BCUT2D eigenvalue weighted by Crippen LogP contribution is 2.18. The van der Waals surface area contributed by atoms with E-state index in [2.05, 4.69) is 6.58 Å². The van der Waals surface area contributed by atoms with Gasteiger partial charge in [0.15, 0.2) is 0 Å². The van der Waals surface area contributed by atoms with Crippen LogP contribution >= 0.6 is 0 Å². The summed E-state index contributed by atoms with van der Waals surface area (Å²) in [6, 6.07) is 3.02. The van der Waals surface area contributed by atoms with Crippen molar-refractivity contribution in [1.82, 2.24) is 0 Å². The molecule has 1 nitrogen and oxygen atoms in total. The van der Waals surface area contributed by atoms with Crippen LogP contribution in [0.25, 0.3) is 0 Å². The maximum Gasteiger partial charge on any atom is 0.126 e. The van der Waals surface area contributed by atoms with Crippen LogP contribution < -0.4 is 5.73 Å². The van der Waals surface area contributed by atoms with Crippen LogP contribution in [0.5, 0.6) is 0 Å². The lowest BCUT2D eigenvalue weighted by Gasteiger charge is -2.10. The fourth-order valence-corrected chi connectivity index (χ4v) is 1.25. The van der Waals surface area contributed by atoms with Crippen LogP contribution in [0.1, 0.15) is 24.4 Å². The van der Waals surface area contributed by atoms with E-state index < -0.39 is 11.6 Å². The quantitative estimate of drug-likeness (QED) is 0.738. The molecule has 0 unspecified atom stereocenters. The van der Waals surface area contributed by atoms with Gasteiger partial charge in [0, 0.05) is 12.1 Å². The lowest BCUT2D eigenvalue weighted by molar-refractivity contribution is 0.568. The van der Waals surface area contributed by atoms with Gasteiger partial charge in [0.25, 0.3) is 0 Å². The minimum atomic E-state index is -0.589. The summed E-state index contributed by atoms with van der Waals surface area (Å²) >= 11 is 0. The summed E-state index contributed by atoms with van der Waals surface area (Å²) in [4.78, 5) is 0. The van der Waals surface area contributed by atoms with Crippen LogP contribution in [-0.4, -0.2) is 0 Å². The molecule has 0 heterocycles. The van der Waals surface area contributed by atoms with Crippen LogP contribution in [0.3, 0.4) is 0 Å². The largest absolute Gasteiger partial charge is 0.324 e. The molecule has 1 rings (SSSR count). The zero-order valence-electron chi connectivity index (χ0n) is 7.84. The van der Waals surface area contributed by atoms with Crippen LogP contribution in [0.4, 0.5) is 8.78 Å². The maximum atomic E-state index is 12.8. The zero-order valence-corrected chi connectivity index (χ0v) is 7.84. The van der Waals surface area contributed by atoms with Crippen molar-refractivity contribution in [3.05, 3.63) is 48.1 Å². The van der Waals surface area contributed by atoms with E-state index in [9.17, 15) is 8.78 Å². The van der Waals surface area contributed by atoms with E-state index in [1.807, 2.05) is 0 Å². The third-order valence-corrected chi connectivity index (χ3v) is 1.99. The molecule has 0 spiro atoms. The van der Waals surface area contributed by atoms with Crippen LogP contribution in [0, 0.1) is 11.6 Å². The Morgan fingerprint density at radius 1 is 1.29 bits per heavy atom. The third kappa shape index (κ3) is 2.92. The lowest BCUT2D eigenvalue weighted by Crippen LogP contribution is -2.10. The Hall–Kier alpha value is -1.22. The summed E-state index contributed by atoms with van der Waals surface area (Å²) in [6.07, 6.45) is 3.11. The Morgan fingerprint density at radius 2 is 1.86 bits per heavy atom. The average molecular weight is 197 g/mol. The van der Waals surface area contributed by atoms with Crippen LogP contribution in [0.2, 0.25) is 0 Å². The summed E-state index contributed by atoms with van der Waals surface area (Å²) in [5.41, 5.74) is 6.23. The molecule has 0 aliphatic carbocycles. The number of benzene rings is 1. The van der Waals surface area contributed by atoms with Crippen LogP contribution in [-0.2, 0) is 0 Å². The van der Waals surface area contributed by atoms with Crippen molar-refractivity contribution in [2.45, 2.75) is 18.9 Å². The molecule has 0 amide bonds. The smallest absolute Gasteiger partial charge is 0.126 e. The van der Waals surface area contributed by atoms with Crippen molar-refractivity contribution >= 4 is 0 Å². The lowest BCUT2D eigenvalue weighted by atomic mass is 10.0. The molecular formula is C11H13F2N. The Kier molecular flexibility index (Phi) is 3.77. The molecule has 0 aromatic heterocycles. The first-order valence-electron chi connectivity index (χ1n) is 4.46.